The molecule has 0 saturated carbocycles. The monoisotopic (exact) mass is 306 g/mol. The summed E-state index contributed by atoms with van der Waals surface area (Å²) in [6.07, 6.45) is 7.10. The van der Waals surface area contributed by atoms with Crippen LogP contribution in [0.4, 0.5) is 0 Å². The maximum absolute atomic E-state index is 12.8. The smallest absolute Gasteiger partial charge is 0.00833 e. The molecule has 1 unspecified atom stereocenters. The Morgan fingerprint density at radius 1 is 1.39 bits per heavy atom. The molecule has 0 amide bonds. The standard InChI is InChI=1S/C16H19BrO/c1-2-3-10-16(12-17)11-6-8-13-7-4-5-9-14(13)15(16)18/h2,4-5,7,9H,1,3,6,8,10-12H2/q-1. The van der Waals surface area contributed by atoms with Crippen LogP contribution in [0.5, 0.6) is 0 Å². The molecule has 2 rings (SSSR count). The molecule has 2 heteroatoms. The number of allylic oxidation sites excluding steroid dienone is 1. The Balaban J connectivity index is 2.35. The molecule has 97 valence electrons. The van der Waals surface area contributed by atoms with Crippen LogP contribution in [-0.2, 0) is 6.42 Å². The Kier molecular flexibility index (Phi) is 4.63. The molecular weight excluding hydrogens is 288 g/mol. The van der Waals surface area contributed by atoms with Gasteiger partial charge in [-0.15, -0.1) is 6.58 Å². The van der Waals surface area contributed by atoms with Crippen molar-refractivity contribution in [3.05, 3.63) is 54.2 Å². The molecular formula is C16H19BrO-. The highest BCUT2D eigenvalue weighted by atomic mass is 79.9. The summed E-state index contributed by atoms with van der Waals surface area (Å²) in [5.41, 5.74) is 1.91. The summed E-state index contributed by atoms with van der Waals surface area (Å²) in [6, 6.07) is 8.06. The lowest BCUT2D eigenvalue weighted by atomic mass is 9.75. The quantitative estimate of drug-likeness (QED) is 0.473. The van der Waals surface area contributed by atoms with Crippen molar-refractivity contribution >= 4 is 15.9 Å². The second kappa shape index (κ2) is 6.03. The summed E-state index contributed by atoms with van der Waals surface area (Å²) < 4.78 is 0. The summed E-state index contributed by atoms with van der Waals surface area (Å²) in [5.74, 6) is 0. The van der Waals surface area contributed by atoms with E-state index in [4.69, 9.17) is 0 Å². The molecule has 0 aliphatic heterocycles. The fourth-order valence-corrected chi connectivity index (χ4v) is 3.60. The van der Waals surface area contributed by atoms with E-state index >= 15 is 0 Å². The number of aryl methyl sites for hydroxylation is 1. The molecule has 1 aliphatic rings. The fourth-order valence-electron chi connectivity index (χ4n) is 2.79. The van der Waals surface area contributed by atoms with Gasteiger partial charge in [0.25, 0.3) is 0 Å². The van der Waals surface area contributed by atoms with Gasteiger partial charge in [0.1, 0.15) is 0 Å². The van der Waals surface area contributed by atoms with Crippen LogP contribution < -0.4 is 5.11 Å². The van der Waals surface area contributed by atoms with Crippen LogP contribution in [0.2, 0.25) is 0 Å². The van der Waals surface area contributed by atoms with E-state index in [1.807, 2.05) is 24.3 Å². The minimum Gasteiger partial charge on any atom is -0.846 e. The van der Waals surface area contributed by atoms with Crippen molar-refractivity contribution in [2.24, 2.45) is 5.41 Å². The van der Waals surface area contributed by atoms with Crippen molar-refractivity contribution in [1.82, 2.24) is 0 Å². The van der Waals surface area contributed by atoms with E-state index in [9.17, 15) is 5.11 Å². The lowest BCUT2D eigenvalue weighted by molar-refractivity contribution is -0.367. The number of rotatable bonds is 4. The van der Waals surface area contributed by atoms with Crippen molar-refractivity contribution < 1.29 is 5.11 Å². The Bertz CT molecular complexity index is 415. The highest BCUT2D eigenvalue weighted by Gasteiger charge is 2.34. The van der Waals surface area contributed by atoms with Crippen molar-refractivity contribution in [2.75, 3.05) is 5.33 Å². The first kappa shape index (κ1) is 13.8. The maximum Gasteiger partial charge on any atom is 0.00833 e. The maximum atomic E-state index is 12.8. The SMILES string of the molecule is C=CCCC1(CBr)CCCc2ccccc2[C]1[O-]. The molecule has 0 saturated heterocycles. The zero-order valence-corrected chi connectivity index (χ0v) is 12.2. The number of halogens is 1. The van der Waals surface area contributed by atoms with Crippen molar-refractivity contribution in [3.63, 3.8) is 0 Å². The number of hydrogen-bond acceptors (Lipinski definition) is 1. The highest BCUT2D eigenvalue weighted by molar-refractivity contribution is 9.09. The van der Waals surface area contributed by atoms with E-state index < -0.39 is 0 Å². The lowest BCUT2D eigenvalue weighted by Gasteiger charge is -2.44. The molecule has 1 radical (unpaired) electrons. The van der Waals surface area contributed by atoms with Crippen LogP contribution in [0.15, 0.2) is 36.9 Å². The minimum atomic E-state index is -0.235. The molecule has 0 aromatic heterocycles. The molecule has 1 aromatic rings. The van der Waals surface area contributed by atoms with Crippen LogP contribution in [0, 0.1) is 11.5 Å². The lowest BCUT2D eigenvalue weighted by Crippen LogP contribution is -2.39. The van der Waals surface area contributed by atoms with E-state index in [-0.39, 0.29) is 5.41 Å². The van der Waals surface area contributed by atoms with E-state index in [0.717, 1.165) is 43.0 Å². The molecule has 0 fully saturated rings. The van der Waals surface area contributed by atoms with Gasteiger partial charge in [-0.25, -0.2) is 0 Å². The third kappa shape index (κ3) is 2.55. The first-order chi connectivity index (χ1) is 8.73. The Morgan fingerprint density at radius 3 is 2.89 bits per heavy atom. The van der Waals surface area contributed by atoms with Gasteiger partial charge in [-0.3, -0.25) is 0 Å². The second-order valence-electron chi connectivity index (χ2n) is 5.08. The van der Waals surface area contributed by atoms with Gasteiger partial charge in [0, 0.05) is 5.33 Å². The minimum absolute atomic E-state index is 0.235. The molecule has 1 aromatic carbocycles. The van der Waals surface area contributed by atoms with Gasteiger partial charge in [0.2, 0.25) is 0 Å². The van der Waals surface area contributed by atoms with Gasteiger partial charge in [-0.2, -0.15) is 0 Å². The largest absolute Gasteiger partial charge is 0.846 e. The second-order valence-corrected chi connectivity index (χ2v) is 5.64. The molecule has 18 heavy (non-hydrogen) atoms. The van der Waals surface area contributed by atoms with Gasteiger partial charge in [0.15, 0.2) is 0 Å². The summed E-state index contributed by atoms with van der Waals surface area (Å²) in [6.45, 7) is 3.78. The molecule has 0 spiro atoms. The third-order valence-electron chi connectivity index (χ3n) is 3.93. The highest BCUT2D eigenvalue weighted by Crippen LogP contribution is 2.45. The fraction of sp³-hybridized carbons (Fsp3) is 0.438. The number of alkyl halides is 1. The molecule has 0 heterocycles. The van der Waals surface area contributed by atoms with Crippen molar-refractivity contribution in [1.29, 1.82) is 0 Å². The Labute approximate surface area is 118 Å². The van der Waals surface area contributed by atoms with Gasteiger partial charge >= 0.3 is 0 Å². The predicted molar refractivity (Wildman–Crippen MR) is 77.4 cm³/mol. The number of hydrogen-bond donors (Lipinski definition) is 0. The molecule has 1 nitrogen and oxygen atoms in total. The number of fused-ring (bicyclic) bond motifs is 1. The first-order valence-electron chi connectivity index (χ1n) is 6.53. The normalized spacial score (nSPS) is 24.3. The van der Waals surface area contributed by atoms with Crippen molar-refractivity contribution in [2.45, 2.75) is 32.1 Å². The van der Waals surface area contributed by atoms with E-state index in [1.54, 1.807) is 0 Å². The van der Waals surface area contributed by atoms with Gasteiger partial charge in [-0.1, -0.05) is 57.9 Å². The van der Waals surface area contributed by atoms with Crippen molar-refractivity contribution in [3.8, 4) is 0 Å². The first-order valence-corrected chi connectivity index (χ1v) is 7.65. The molecule has 1 aliphatic carbocycles. The summed E-state index contributed by atoms with van der Waals surface area (Å²) in [7, 11) is 0. The molecule has 1 atom stereocenters. The predicted octanol–water partition coefficient (Wildman–Crippen LogP) is 3.61. The molecule has 0 N–H and O–H groups in total. The van der Waals surface area contributed by atoms with Gasteiger partial charge in [0.05, 0.1) is 0 Å². The van der Waals surface area contributed by atoms with Crippen LogP contribution in [0.3, 0.4) is 0 Å². The van der Waals surface area contributed by atoms with E-state index in [0.29, 0.717) is 6.10 Å². The third-order valence-corrected chi connectivity index (χ3v) is 5.00. The van der Waals surface area contributed by atoms with Crippen LogP contribution in [0.25, 0.3) is 0 Å². The van der Waals surface area contributed by atoms with E-state index in [1.165, 1.54) is 5.56 Å². The summed E-state index contributed by atoms with van der Waals surface area (Å²) in [5, 5.41) is 13.6. The van der Waals surface area contributed by atoms with E-state index in [2.05, 4.69) is 28.6 Å². The zero-order chi connectivity index (χ0) is 13.0. The average Bonchev–Trinajstić information content (AvgIpc) is 2.55. The topological polar surface area (TPSA) is 23.1 Å². The Hall–Kier alpha value is -0.600. The Morgan fingerprint density at radius 2 is 2.17 bits per heavy atom. The van der Waals surface area contributed by atoms with Gasteiger partial charge in [-0.05, 0) is 43.1 Å². The van der Waals surface area contributed by atoms with Crippen LogP contribution >= 0.6 is 15.9 Å². The van der Waals surface area contributed by atoms with Crippen LogP contribution in [-0.4, -0.2) is 5.33 Å². The zero-order valence-electron chi connectivity index (χ0n) is 10.6. The van der Waals surface area contributed by atoms with Gasteiger partial charge < -0.3 is 5.11 Å². The van der Waals surface area contributed by atoms with Crippen LogP contribution in [0.1, 0.15) is 36.8 Å². The average molecular weight is 307 g/mol. The molecule has 0 bridgehead atoms. The number of benzene rings is 1. The summed E-state index contributed by atoms with van der Waals surface area (Å²) in [4.78, 5) is 0. The summed E-state index contributed by atoms with van der Waals surface area (Å²) >= 11 is 3.57.